The number of phenolic OH excluding ortho intramolecular Hbond substituents is 1. The Morgan fingerprint density at radius 1 is 0.944 bits per heavy atom. The van der Waals surface area contributed by atoms with E-state index in [9.17, 15) is 14.7 Å². The van der Waals surface area contributed by atoms with Crippen molar-refractivity contribution < 1.29 is 19.4 Å². The second-order valence-corrected chi connectivity index (χ2v) is 8.79. The van der Waals surface area contributed by atoms with E-state index in [4.69, 9.17) is 9.73 Å². The van der Waals surface area contributed by atoms with Crippen molar-refractivity contribution in [3.63, 3.8) is 0 Å². The predicted octanol–water partition coefficient (Wildman–Crippen LogP) is 6.82. The number of carbonyl (C=O) groups excluding carboxylic acids is 2. The summed E-state index contributed by atoms with van der Waals surface area (Å²) in [4.78, 5) is 29.9. The molecule has 1 aliphatic heterocycles. The highest BCUT2D eigenvalue weighted by atomic mass is 16.5. The van der Waals surface area contributed by atoms with Crippen LogP contribution in [-0.4, -0.2) is 29.2 Å². The third-order valence-corrected chi connectivity index (χ3v) is 5.91. The summed E-state index contributed by atoms with van der Waals surface area (Å²) < 4.78 is 5.45. The van der Waals surface area contributed by atoms with Gasteiger partial charge in [0.1, 0.15) is 23.7 Å². The summed E-state index contributed by atoms with van der Waals surface area (Å²) in [6.45, 7) is 1.88. The number of nitrogens with zero attached hydrogens (tertiary/aromatic N) is 1. The van der Waals surface area contributed by atoms with E-state index in [1.54, 1.807) is 18.2 Å². The van der Waals surface area contributed by atoms with Gasteiger partial charge in [-0.2, -0.15) is 0 Å². The van der Waals surface area contributed by atoms with Crippen molar-refractivity contribution in [1.29, 1.82) is 0 Å². The Morgan fingerprint density at radius 3 is 2.28 bits per heavy atom. The lowest BCUT2D eigenvalue weighted by atomic mass is 10.0. The summed E-state index contributed by atoms with van der Waals surface area (Å²) in [5, 5.41) is 10.9. The first-order chi connectivity index (χ1) is 17.5. The molecule has 5 nitrogen and oxygen atoms in total. The molecule has 4 rings (SSSR count). The first-order valence-corrected chi connectivity index (χ1v) is 12.1. The molecule has 0 unspecified atom stereocenters. The molecule has 0 bridgehead atoms. The number of ketones is 1. The van der Waals surface area contributed by atoms with Gasteiger partial charge in [0.25, 0.3) is 0 Å². The molecular weight excluding hydrogens is 450 g/mol. The highest BCUT2D eigenvalue weighted by Gasteiger charge is 2.19. The topological polar surface area (TPSA) is 76.0 Å². The molecule has 1 heterocycles. The molecule has 1 N–H and O–H groups in total. The molecule has 0 aliphatic carbocycles. The number of rotatable bonds is 3. The predicted molar refractivity (Wildman–Crippen MR) is 143 cm³/mol. The molecule has 36 heavy (non-hydrogen) atoms. The van der Waals surface area contributed by atoms with Crippen LogP contribution in [-0.2, 0) is 9.53 Å². The Bertz CT molecular complexity index is 1280. The molecule has 0 saturated heterocycles. The maximum Gasteiger partial charge on any atom is 0.342 e. The van der Waals surface area contributed by atoms with Gasteiger partial charge in [-0.05, 0) is 37.0 Å². The quantitative estimate of drug-likeness (QED) is 0.254. The van der Waals surface area contributed by atoms with Gasteiger partial charge in [0.2, 0.25) is 0 Å². The van der Waals surface area contributed by atoms with Crippen LogP contribution in [0.1, 0.15) is 59.7 Å². The van der Waals surface area contributed by atoms with Gasteiger partial charge in [-0.15, -0.1) is 0 Å². The number of hydrogen-bond donors (Lipinski definition) is 1. The van der Waals surface area contributed by atoms with Crippen LogP contribution in [0.4, 0.5) is 5.69 Å². The number of allylic oxidation sites excluding steroid dienone is 2. The maximum atomic E-state index is 12.9. The van der Waals surface area contributed by atoms with E-state index in [0.29, 0.717) is 30.5 Å². The lowest BCUT2D eigenvalue weighted by molar-refractivity contribution is -0.118. The molecular formula is C31H29NO4. The van der Waals surface area contributed by atoms with Gasteiger partial charge < -0.3 is 9.84 Å². The average Bonchev–Trinajstić information content (AvgIpc) is 2.89. The normalized spacial score (nSPS) is 14.8. The Balaban J connectivity index is 1.78. The number of Topliss-reactive ketones (excluding diaryl/α,β-unsaturated/α-hetero) is 1. The van der Waals surface area contributed by atoms with E-state index < -0.39 is 5.97 Å². The monoisotopic (exact) mass is 479 g/mol. The van der Waals surface area contributed by atoms with E-state index in [1.807, 2.05) is 73.7 Å². The number of fused-ring (bicyclic) bond motifs is 1. The number of phenols is 1. The number of carbonyl (C=O) groups is 2. The molecule has 0 amide bonds. The number of aromatic hydroxyl groups is 1. The summed E-state index contributed by atoms with van der Waals surface area (Å²) in [5.41, 5.74) is 4.55. The minimum absolute atomic E-state index is 0.0563. The van der Waals surface area contributed by atoms with Crippen LogP contribution in [0.15, 0.2) is 95.5 Å². The van der Waals surface area contributed by atoms with Gasteiger partial charge >= 0.3 is 5.97 Å². The molecule has 3 aromatic carbocycles. The van der Waals surface area contributed by atoms with Crippen LogP contribution in [0.3, 0.4) is 0 Å². The molecule has 0 spiro atoms. The second-order valence-electron chi connectivity index (χ2n) is 8.79. The van der Waals surface area contributed by atoms with Crippen molar-refractivity contribution >= 4 is 29.2 Å². The Morgan fingerprint density at radius 2 is 1.61 bits per heavy atom. The van der Waals surface area contributed by atoms with Crippen molar-refractivity contribution in [1.82, 2.24) is 0 Å². The standard InChI is InChI=1S/C31H29NO4/c1-22-17-18-27(33)16-10-4-9-15-25-19-26(20-28(34)29(25)31(35)36-21-22)32-30(23-11-5-2-6-12-23)24-13-7-3-8-14-24/h2-3,5-9,11-15,17,19-20,34H,4,10,16,18,21H2,1H3. The zero-order valence-electron chi connectivity index (χ0n) is 20.3. The number of hydrogen-bond acceptors (Lipinski definition) is 5. The van der Waals surface area contributed by atoms with Crippen molar-refractivity contribution in [3.8, 4) is 5.75 Å². The highest BCUT2D eigenvalue weighted by Crippen LogP contribution is 2.31. The van der Waals surface area contributed by atoms with E-state index in [0.717, 1.165) is 28.8 Å². The third-order valence-electron chi connectivity index (χ3n) is 5.91. The number of cyclic esters (lactones) is 1. The van der Waals surface area contributed by atoms with Crippen molar-refractivity contribution in [2.24, 2.45) is 4.99 Å². The van der Waals surface area contributed by atoms with Gasteiger partial charge in [-0.1, -0.05) is 78.9 Å². The molecule has 0 fully saturated rings. The smallest absolute Gasteiger partial charge is 0.342 e. The van der Waals surface area contributed by atoms with Crippen LogP contribution in [0, 0.1) is 0 Å². The number of esters is 1. The molecule has 3 aromatic rings. The number of ether oxygens (including phenoxy) is 1. The van der Waals surface area contributed by atoms with Crippen LogP contribution in [0.5, 0.6) is 5.75 Å². The first-order valence-electron chi connectivity index (χ1n) is 12.1. The van der Waals surface area contributed by atoms with Crippen molar-refractivity contribution in [2.75, 3.05) is 6.61 Å². The Labute approximate surface area is 211 Å². The van der Waals surface area contributed by atoms with Gasteiger partial charge in [0.05, 0.1) is 11.4 Å². The fourth-order valence-electron chi connectivity index (χ4n) is 4.00. The zero-order valence-corrected chi connectivity index (χ0v) is 20.3. The van der Waals surface area contributed by atoms with Gasteiger partial charge in [-0.3, -0.25) is 4.79 Å². The lowest BCUT2D eigenvalue weighted by Gasteiger charge is -2.13. The molecule has 0 saturated carbocycles. The summed E-state index contributed by atoms with van der Waals surface area (Å²) >= 11 is 0. The van der Waals surface area contributed by atoms with E-state index in [-0.39, 0.29) is 23.7 Å². The van der Waals surface area contributed by atoms with Gasteiger partial charge in [-0.25, -0.2) is 9.79 Å². The van der Waals surface area contributed by atoms with E-state index >= 15 is 0 Å². The Kier molecular flexibility index (Phi) is 8.24. The second kappa shape index (κ2) is 11.9. The van der Waals surface area contributed by atoms with Crippen molar-refractivity contribution in [2.45, 2.75) is 32.6 Å². The third kappa shape index (κ3) is 6.45. The average molecular weight is 480 g/mol. The van der Waals surface area contributed by atoms with E-state index in [2.05, 4.69) is 0 Å². The van der Waals surface area contributed by atoms with Crippen LogP contribution in [0.25, 0.3) is 6.08 Å². The van der Waals surface area contributed by atoms with Crippen LogP contribution in [0.2, 0.25) is 0 Å². The largest absolute Gasteiger partial charge is 0.507 e. The lowest BCUT2D eigenvalue weighted by Crippen LogP contribution is -2.10. The van der Waals surface area contributed by atoms with Gasteiger partial charge in [0, 0.05) is 30.0 Å². The summed E-state index contributed by atoms with van der Waals surface area (Å²) in [6.07, 6.45) is 7.72. The summed E-state index contributed by atoms with van der Waals surface area (Å²) in [7, 11) is 0. The fraction of sp³-hybridized carbons (Fsp3) is 0.194. The number of benzene rings is 3. The fourth-order valence-corrected chi connectivity index (χ4v) is 4.00. The van der Waals surface area contributed by atoms with Crippen LogP contribution >= 0.6 is 0 Å². The van der Waals surface area contributed by atoms with E-state index in [1.165, 1.54) is 6.07 Å². The Hall–Kier alpha value is -4.25. The summed E-state index contributed by atoms with van der Waals surface area (Å²) in [6, 6.07) is 22.9. The molecule has 0 radical (unpaired) electrons. The SMILES string of the molecule is CC1=CCC(=O)CCCC=Cc2cc(N=C(c3ccccc3)c3ccccc3)cc(O)c2C(=O)OC1. The van der Waals surface area contributed by atoms with Crippen molar-refractivity contribution in [3.05, 3.63) is 113 Å². The summed E-state index contributed by atoms with van der Waals surface area (Å²) in [5.74, 6) is -0.648. The maximum absolute atomic E-state index is 12.9. The molecule has 0 aromatic heterocycles. The van der Waals surface area contributed by atoms with Gasteiger partial charge in [0.15, 0.2) is 0 Å². The molecule has 5 heteroatoms. The first kappa shape index (κ1) is 24.9. The van der Waals surface area contributed by atoms with Crippen LogP contribution < -0.4 is 0 Å². The highest BCUT2D eigenvalue weighted by molar-refractivity contribution is 6.14. The molecule has 1 aliphatic rings. The minimum atomic E-state index is -0.620. The number of aliphatic imine (C=N–C) groups is 1. The molecule has 182 valence electrons. The zero-order chi connectivity index (χ0) is 25.3. The minimum Gasteiger partial charge on any atom is -0.507 e. The molecule has 0 atom stereocenters.